The molecule has 132 valence electrons. The van der Waals surface area contributed by atoms with Gasteiger partial charge in [0, 0.05) is 26.1 Å². The molecule has 2 aromatic rings. The SMILES string of the molecule is CC(=O)Nc1ccc(C(C)CCC(=O)NCc2ccc(C)cc2)cn1. The molecule has 0 aliphatic carbocycles. The maximum Gasteiger partial charge on any atom is 0.222 e. The second-order valence-corrected chi connectivity index (χ2v) is 6.36. The van der Waals surface area contributed by atoms with Gasteiger partial charge in [-0.2, -0.15) is 0 Å². The van der Waals surface area contributed by atoms with E-state index in [2.05, 4.69) is 22.5 Å². The number of hydrogen-bond acceptors (Lipinski definition) is 3. The monoisotopic (exact) mass is 339 g/mol. The number of aryl methyl sites for hydroxylation is 1. The molecule has 5 nitrogen and oxygen atoms in total. The molecule has 0 saturated carbocycles. The lowest BCUT2D eigenvalue weighted by molar-refractivity contribution is -0.121. The van der Waals surface area contributed by atoms with E-state index in [0.29, 0.717) is 18.8 Å². The number of anilines is 1. The van der Waals surface area contributed by atoms with E-state index < -0.39 is 0 Å². The molecule has 2 rings (SSSR count). The molecule has 0 radical (unpaired) electrons. The van der Waals surface area contributed by atoms with Gasteiger partial charge >= 0.3 is 0 Å². The molecule has 1 heterocycles. The average molecular weight is 339 g/mol. The van der Waals surface area contributed by atoms with Crippen LogP contribution >= 0.6 is 0 Å². The number of carbonyl (C=O) groups is 2. The lowest BCUT2D eigenvalue weighted by Crippen LogP contribution is -2.22. The third kappa shape index (κ3) is 6.37. The predicted molar refractivity (Wildman–Crippen MR) is 99.2 cm³/mol. The van der Waals surface area contributed by atoms with Crippen LogP contribution in [-0.2, 0) is 16.1 Å². The van der Waals surface area contributed by atoms with Crippen LogP contribution in [0.3, 0.4) is 0 Å². The number of amides is 2. The van der Waals surface area contributed by atoms with Gasteiger partial charge in [0.15, 0.2) is 0 Å². The van der Waals surface area contributed by atoms with Crippen LogP contribution in [0.4, 0.5) is 5.82 Å². The van der Waals surface area contributed by atoms with Crippen LogP contribution in [0.15, 0.2) is 42.6 Å². The summed E-state index contributed by atoms with van der Waals surface area (Å²) in [7, 11) is 0. The molecule has 0 aliphatic rings. The highest BCUT2D eigenvalue weighted by Crippen LogP contribution is 2.20. The minimum atomic E-state index is -0.140. The van der Waals surface area contributed by atoms with Gasteiger partial charge in [0.25, 0.3) is 0 Å². The fourth-order valence-corrected chi connectivity index (χ4v) is 2.46. The van der Waals surface area contributed by atoms with E-state index >= 15 is 0 Å². The molecule has 1 aromatic carbocycles. The number of carbonyl (C=O) groups excluding carboxylic acids is 2. The highest BCUT2D eigenvalue weighted by atomic mass is 16.2. The Bertz CT molecular complexity index is 709. The van der Waals surface area contributed by atoms with Gasteiger partial charge in [-0.3, -0.25) is 9.59 Å². The van der Waals surface area contributed by atoms with E-state index in [9.17, 15) is 9.59 Å². The molecular weight excluding hydrogens is 314 g/mol. The molecule has 5 heteroatoms. The minimum absolute atomic E-state index is 0.0512. The summed E-state index contributed by atoms with van der Waals surface area (Å²) in [5.74, 6) is 0.678. The van der Waals surface area contributed by atoms with E-state index in [1.807, 2.05) is 37.3 Å². The fraction of sp³-hybridized carbons (Fsp3) is 0.350. The fourth-order valence-electron chi connectivity index (χ4n) is 2.46. The number of pyridine rings is 1. The average Bonchev–Trinajstić information content (AvgIpc) is 2.59. The largest absolute Gasteiger partial charge is 0.352 e. The van der Waals surface area contributed by atoms with Crippen LogP contribution in [-0.4, -0.2) is 16.8 Å². The van der Waals surface area contributed by atoms with E-state index in [4.69, 9.17) is 0 Å². The van der Waals surface area contributed by atoms with E-state index in [1.165, 1.54) is 12.5 Å². The summed E-state index contributed by atoms with van der Waals surface area (Å²) in [6.07, 6.45) is 2.97. The maximum atomic E-state index is 12.0. The van der Waals surface area contributed by atoms with Crippen molar-refractivity contribution in [1.29, 1.82) is 0 Å². The number of nitrogens with one attached hydrogen (secondary N) is 2. The first-order chi connectivity index (χ1) is 11.9. The molecule has 1 atom stereocenters. The first-order valence-electron chi connectivity index (χ1n) is 8.50. The van der Waals surface area contributed by atoms with Crippen LogP contribution in [0.2, 0.25) is 0 Å². The lowest BCUT2D eigenvalue weighted by atomic mass is 9.97. The van der Waals surface area contributed by atoms with Gasteiger partial charge in [-0.05, 0) is 36.5 Å². The highest BCUT2D eigenvalue weighted by molar-refractivity contribution is 5.87. The summed E-state index contributed by atoms with van der Waals surface area (Å²) in [5, 5.41) is 5.60. The summed E-state index contributed by atoms with van der Waals surface area (Å²) in [4.78, 5) is 27.2. The third-order valence-corrected chi connectivity index (χ3v) is 4.07. The molecule has 0 aliphatic heterocycles. The molecule has 2 N–H and O–H groups in total. The Morgan fingerprint density at radius 1 is 1.12 bits per heavy atom. The molecule has 1 unspecified atom stereocenters. The molecule has 0 bridgehead atoms. The summed E-state index contributed by atoms with van der Waals surface area (Å²) >= 11 is 0. The second kappa shape index (κ2) is 8.97. The molecule has 25 heavy (non-hydrogen) atoms. The topological polar surface area (TPSA) is 71.1 Å². The van der Waals surface area contributed by atoms with Gasteiger partial charge in [-0.1, -0.05) is 42.8 Å². The zero-order chi connectivity index (χ0) is 18.2. The van der Waals surface area contributed by atoms with Gasteiger partial charge < -0.3 is 10.6 Å². The van der Waals surface area contributed by atoms with Gasteiger partial charge in [0.1, 0.15) is 5.82 Å². The van der Waals surface area contributed by atoms with Crippen molar-refractivity contribution in [1.82, 2.24) is 10.3 Å². The van der Waals surface area contributed by atoms with Crippen LogP contribution in [0.5, 0.6) is 0 Å². The zero-order valence-corrected chi connectivity index (χ0v) is 15.0. The number of benzene rings is 1. The number of aromatic nitrogens is 1. The Labute approximate surface area is 148 Å². The summed E-state index contributed by atoms with van der Waals surface area (Å²) in [6, 6.07) is 11.9. The summed E-state index contributed by atoms with van der Waals surface area (Å²) < 4.78 is 0. The Hall–Kier alpha value is -2.69. The first-order valence-corrected chi connectivity index (χ1v) is 8.50. The van der Waals surface area contributed by atoms with Crippen molar-refractivity contribution in [3.8, 4) is 0 Å². The summed E-state index contributed by atoms with van der Waals surface area (Å²) in [6.45, 7) is 6.12. The Morgan fingerprint density at radius 3 is 2.44 bits per heavy atom. The molecule has 0 saturated heterocycles. The maximum absolute atomic E-state index is 12.0. The van der Waals surface area contributed by atoms with Crippen LogP contribution in [0.25, 0.3) is 0 Å². The van der Waals surface area contributed by atoms with Crippen molar-refractivity contribution in [3.05, 3.63) is 59.3 Å². The quantitative estimate of drug-likeness (QED) is 0.810. The standard InChI is InChI=1S/C20H25N3O2/c1-14-4-7-17(8-5-14)12-22-20(25)11-6-15(2)18-9-10-19(21-13-18)23-16(3)24/h4-5,7-10,13,15H,6,11-12H2,1-3H3,(H,22,25)(H,21,23,24). The highest BCUT2D eigenvalue weighted by Gasteiger charge is 2.10. The van der Waals surface area contributed by atoms with Gasteiger partial charge in [-0.15, -0.1) is 0 Å². The van der Waals surface area contributed by atoms with Gasteiger partial charge in [0.2, 0.25) is 11.8 Å². The van der Waals surface area contributed by atoms with Crippen LogP contribution < -0.4 is 10.6 Å². The smallest absolute Gasteiger partial charge is 0.222 e. The molecule has 1 aromatic heterocycles. The Balaban J connectivity index is 1.76. The van der Waals surface area contributed by atoms with Crippen molar-refractivity contribution >= 4 is 17.6 Å². The molecule has 2 amide bonds. The number of hydrogen-bond donors (Lipinski definition) is 2. The van der Waals surface area contributed by atoms with Gasteiger partial charge in [0.05, 0.1) is 0 Å². The van der Waals surface area contributed by atoms with Crippen molar-refractivity contribution in [2.75, 3.05) is 5.32 Å². The predicted octanol–water partition coefficient (Wildman–Crippen LogP) is 3.55. The van der Waals surface area contributed by atoms with Crippen LogP contribution in [0.1, 0.15) is 49.3 Å². The normalized spacial score (nSPS) is 11.6. The van der Waals surface area contributed by atoms with Crippen molar-refractivity contribution in [2.45, 2.75) is 46.1 Å². The van der Waals surface area contributed by atoms with E-state index in [-0.39, 0.29) is 17.7 Å². The summed E-state index contributed by atoms with van der Waals surface area (Å²) in [5.41, 5.74) is 3.37. The number of rotatable bonds is 7. The third-order valence-electron chi connectivity index (χ3n) is 4.07. The molecule has 0 fully saturated rings. The van der Waals surface area contributed by atoms with Crippen molar-refractivity contribution in [3.63, 3.8) is 0 Å². The second-order valence-electron chi connectivity index (χ2n) is 6.36. The minimum Gasteiger partial charge on any atom is -0.352 e. The van der Waals surface area contributed by atoms with Gasteiger partial charge in [-0.25, -0.2) is 4.98 Å². The molecule has 0 spiro atoms. The zero-order valence-electron chi connectivity index (χ0n) is 15.0. The molecular formula is C20H25N3O2. The first kappa shape index (κ1) is 18.6. The lowest BCUT2D eigenvalue weighted by Gasteiger charge is -2.12. The van der Waals surface area contributed by atoms with Crippen molar-refractivity contribution in [2.24, 2.45) is 0 Å². The number of nitrogens with zero attached hydrogens (tertiary/aromatic N) is 1. The Morgan fingerprint density at radius 2 is 1.84 bits per heavy atom. The van der Waals surface area contributed by atoms with Crippen molar-refractivity contribution < 1.29 is 9.59 Å². The van der Waals surface area contributed by atoms with E-state index in [1.54, 1.807) is 12.3 Å². The Kier molecular flexibility index (Phi) is 6.69. The van der Waals surface area contributed by atoms with Crippen LogP contribution in [0, 0.1) is 6.92 Å². The van der Waals surface area contributed by atoms with E-state index in [0.717, 1.165) is 17.5 Å².